The number of nitrogens with zero attached hydrogens (tertiary/aromatic N) is 3. The van der Waals surface area contributed by atoms with E-state index in [9.17, 15) is 4.79 Å². The van der Waals surface area contributed by atoms with E-state index in [0.717, 1.165) is 50.1 Å². The van der Waals surface area contributed by atoms with Crippen LogP contribution in [0, 0.1) is 0 Å². The Kier molecular flexibility index (Phi) is 4.88. The van der Waals surface area contributed by atoms with E-state index in [4.69, 9.17) is 0 Å². The Morgan fingerprint density at radius 2 is 2.04 bits per heavy atom. The zero-order valence-electron chi connectivity index (χ0n) is 14.7. The first-order valence-electron chi connectivity index (χ1n) is 9.08. The number of rotatable bonds is 5. The highest BCUT2D eigenvalue weighted by atomic mass is 16.1. The molecule has 0 spiro atoms. The average Bonchev–Trinajstić information content (AvgIpc) is 2.69. The summed E-state index contributed by atoms with van der Waals surface area (Å²) in [6.07, 6.45) is 10.7. The number of nitrogens with one attached hydrogen (secondary N) is 1. The lowest BCUT2D eigenvalue weighted by atomic mass is 10.0. The molecule has 26 heavy (non-hydrogen) atoms. The zero-order valence-corrected chi connectivity index (χ0v) is 14.7. The number of hydrogen-bond acceptors (Lipinski definition) is 4. The summed E-state index contributed by atoms with van der Waals surface area (Å²) in [4.78, 5) is 25.9. The number of H-pyrrole nitrogens is 1. The fourth-order valence-corrected chi connectivity index (χ4v) is 3.51. The van der Waals surface area contributed by atoms with Crippen LogP contribution in [0.15, 0.2) is 59.8 Å². The molecular weight excluding hydrogens is 324 g/mol. The van der Waals surface area contributed by atoms with Crippen LogP contribution in [-0.2, 0) is 6.42 Å². The molecule has 5 nitrogen and oxygen atoms in total. The second-order valence-electron chi connectivity index (χ2n) is 6.68. The maximum atomic E-state index is 12.1. The molecule has 0 unspecified atom stereocenters. The van der Waals surface area contributed by atoms with E-state index in [-0.39, 0.29) is 5.56 Å². The van der Waals surface area contributed by atoms with Crippen LogP contribution in [0.2, 0.25) is 0 Å². The minimum Gasteiger partial charge on any atom is -0.326 e. The Balaban J connectivity index is 1.33. The lowest BCUT2D eigenvalue weighted by Crippen LogP contribution is -2.29. The SMILES string of the molecule is O=c1[nH]c(CCCN2CC=C(c3ccncc3)CC2)cc2ncccc12. The van der Waals surface area contributed by atoms with Crippen molar-refractivity contribution in [3.63, 3.8) is 0 Å². The Hall–Kier alpha value is -2.79. The summed E-state index contributed by atoms with van der Waals surface area (Å²) >= 11 is 0. The normalized spacial score (nSPS) is 15.2. The van der Waals surface area contributed by atoms with E-state index < -0.39 is 0 Å². The van der Waals surface area contributed by atoms with Gasteiger partial charge in [0.15, 0.2) is 0 Å². The van der Waals surface area contributed by atoms with Crippen molar-refractivity contribution in [3.8, 4) is 0 Å². The molecule has 0 radical (unpaired) electrons. The van der Waals surface area contributed by atoms with Gasteiger partial charge in [-0.15, -0.1) is 0 Å². The zero-order chi connectivity index (χ0) is 17.8. The molecule has 1 aliphatic heterocycles. The maximum absolute atomic E-state index is 12.1. The van der Waals surface area contributed by atoms with E-state index in [2.05, 4.69) is 38.1 Å². The molecule has 0 bridgehead atoms. The monoisotopic (exact) mass is 346 g/mol. The molecule has 4 heterocycles. The van der Waals surface area contributed by atoms with Crippen molar-refractivity contribution >= 4 is 16.5 Å². The molecule has 5 heteroatoms. The fourth-order valence-electron chi connectivity index (χ4n) is 3.51. The molecule has 132 valence electrons. The summed E-state index contributed by atoms with van der Waals surface area (Å²) in [6, 6.07) is 9.75. The van der Waals surface area contributed by atoms with Crippen LogP contribution in [0.3, 0.4) is 0 Å². The number of hydrogen-bond donors (Lipinski definition) is 1. The van der Waals surface area contributed by atoms with Crippen molar-refractivity contribution in [2.75, 3.05) is 19.6 Å². The molecular formula is C21H22N4O. The lowest BCUT2D eigenvalue weighted by Gasteiger charge is -2.26. The molecule has 3 aromatic rings. The van der Waals surface area contributed by atoms with Crippen molar-refractivity contribution in [2.45, 2.75) is 19.3 Å². The number of aromatic amines is 1. The molecule has 0 saturated heterocycles. The van der Waals surface area contributed by atoms with Gasteiger partial charge in [0.25, 0.3) is 5.56 Å². The third-order valence-corrected chi connectivity index (χ3v) is 4.93. The summed E-state index contributed by atoms with van der Waals surface area (Å²) in [5.74, 6) is 0. The molecule has 1 aliphatic rings. The Labute approximate surface area is 152 Å². The molecule has 0 atom stereocenters. The van der Waals surface area contributed by atoms with E-state index in [1.54, 1.807) is 12.3 Å². The van der Waals surface area contributed by atoms with Crippen LogP contribution in [0.4, 0.5) is 0 Å². The van der Waals surface area contributed by atoms with Gasteiger partial charge in [-0.05, 0) is 67.3 Å². The fraction of sp³-hybridized carbons (Fsp3) is 0.286. The van der Waals surface area contributed by atoms with Crippen molar-refractivity contribution in [1.82, 2.24) is 19.9 Å². The summed E-state index contributed by atoms with van der Waals surface area (Å²) in [6.45, 7) is 3.08. The van der Waals surface area contributed by atoms with Crippen LogP contribution in [-0.4, -0.2) is 39.5 Å². The largest absolute Gasteiger partial charge is 0.326 e. The van der Waals surface area contributed by atoms with E-state index in [1.807, 2.05) is 24.5 Å². The first-order valence-corrected chi connectivity index (χ1v) is 9.08. The number of aromatic nitrogens is 3. The predicted molar refractivity (Wildman–Crippen MR) is 104 cm³/mol. The van der Waals surface area contributed by atoms with Crippen LogP contribution in [0.1, 0.15) is 24.1 Å². The quantitative estimate of drug-likeness (QED) is 0.771. The topological polar surface area (TPSA) is 61.9 Å². The van der Waals surface area contributed by atoms with E-state index in [1.165, 1.54) is 11.1 Å². The van der Waals surface area contributed by atoms with Gasteiger partial charge in [-0.25, -0.2) is 0 Å². The van der Waals surface area contributed by atoms with E-state index >= 15 is 0 Å². The van der Waals surface area contributed by atoms with Crippen molar-refractivity contribution in [1.29, 1.82) is 0 Å². The smallest absolute Gasteiger partial charge is 0.257 e. The summed E-state index contributed by atoms with van der Waals surface area (Å²) < 4.78 is 0. The highest BCUT2D eigenvalue weighted by Crippen LogP contribution is 2.21. The van der Waals surface area contributed by atoms with Crippen LogP contribution in [0.5, 0.6) is 0 Å². The Morgan fingerprint density at radius 3 is 2.85 bits per heavy atom. The minimum absolute atomic E-state index is 0.0477. The molecule has 0 amide bonds. The van der Waals surface area contributed by atoms with E-state index in [0.29, 0.717) is 5.39 Å². The van der Waals surface area contributed by atoms with Crippen LogP contribution < -0.4 is 5.56 Å². The van der Waals surface area contributed by atoms with Crippen LogP contribution in [0.25, 0.3) is 16.5 Å². The highest BCUT2D eigenvalue weighted by Gasteiger charge is 2.12. The van der Waals surface area contributed by atoms with Gasteiger partial charge in [0.05, 0.1) is 10.9 Å². The van der Waals surface area contributed by atoms with Gasteiger partial charge in [-0.1, -0.05) is 6.08 Å². The Morgan fingerprint density at radius 1 is 1.15 bits per heavy atom. The van der Waals surface area contributed by atoms with Gasteiger partial charge in [-0.3, -0.25) is 19.7 Å². The number of pyridine rings is 3. The van der Waals surface area contributed by atoms with Gasteiger partial charge in [0.2, 0.25) is 0 Å². The second-order valence-corrected chi connectivity index (χ2v) is 6.68. The van der Waals surface area contributed by atoms with Gasteiger partial charge < -0.3 is 4.98 Å². The molecule has 0 aromatic carbocycles. The maximum Gasteiger partial charge on any atom is 0.257 e. The highest BCUT2D eigenvalue weighted by molar-refractivity contribution is 5.77. The summed E-state index contributed by atoms with van der Waals surface area (Å²) in [5.41, 5.74) is 4.38. The number of aryl methyl sites for hydroxylation is 1. The molecule has 3 aromatic heterocycles. The summed E-state index contributed by atoms with van der Waals surface area (Å²) in [7, 11) is 0. The van der Waals surface area contributed by atoms with Crippen molar-refractivity contribution in [3.05, 3.63) is 76.6 Å². The average molecular weight is 346 g/mol. The first-order chi connectivity index (χ1) is 12.8. The van der Waals surface area contributed by atoms with Gasteiger partial charge >= 0.3 is 0 Å². The lowest BCUT2D eigenvalue weighted by molar-refractivity contribution is 0.297. The molecule has 4 rings (SSSR count). The Bertz CT molecular complexity index is 978. The van der Waals surface area contributed by atoms with Crippen LogP contribution >= 0.6 is 0 Å². The first kappa shape index (κ1) is 16.7. The van der Waals surface area contributed by atoms with Crippen molar-refractivity contribution in [2.24, 2.45) is 0 Å². The number of fused-ring (bicyclic) bond motifs is 1. The van der Waals surface area contributed by atoms with Gasteiger partial charge in [-0.2, -0.15) is 0 Å². The third-order valence-electron chi connectivity index (χ3n) is 4.93. The van der Waals surface area contributed by atoms with Crippen molar-refractivity contribution < 1.29 is 0 Å². The predicted octanol–water partition coefficient (Wildman–Crippen LogP) is 3.04. The standard InChI is InChI=1S/C21H22N4O/c26-21-19-4-1-9-23-20(19)15-18(24-21)3-2-12-25-13-7-17(8-14-25)16-5-10-22-11-6-16/h1,4-7,9-11,15H,2-3,8,12-14H2,(H,24,26). The third kappa shape index (κ3) is 3.73. The molecule has 0 fully saturated rings. The molecule has 0 saturated carbocycles. The molecule has 0 aliphatic carbocycles. The molecule has 1 N–H and O–H groups in total. The second kappa shape index (κ2) is 7.62. The van der Waals surface area contributed by atoms with Gasteiger partial charge in [0, 0.05) is 37.4 Å². The van der Waals surface area contributed by atoms with Gasteiger partial charge in [0.1, 0.15) is 0 Å². The summed E-state index contributed by atoms with van der Waals surface area (Å²) in [5, 5.41) is 0.654. The minimum atomic E-state index is -0.0477.